The Morgan fingerprint density at radius 1 is 1.00 bits per heavy atom. The molecule has 2 amide bonds. The lowest BCUT2D eigenvalue weighted by atomic mass is 10.1. The van der Waals surface area contributed by atoms with Gasteiger partial charge in [0.1, 0.15) is 17.4 Å². The SMILES string of the molecule is Cc1cccc(NC(=O)COc2cccc(/C=C(/C#N)C(=O)Nc3ccc(Cl)cc3)c2)c1. The van der Waals surface area contributed by atoms with E-state index in [0.717, 1.165) is 5.56 Å². The molecular formula is C25H20ClN3O3. The largest absolute Gasteiger partial charge is 0.484 e. The Morgan fingerprint density at radius 3 is 2.47 bits per heavy atom. The molecule has 0 radical (unpaired) electrons. The second-order valence-corrected chi connectivity index (χ2v) is 7.35. The molecule has 7 heteroatoms. The summed E-state index contributed by atoms with van der Waals surface area (Å²) in [6.07, 6.45) is 1.45. The van der Waals surface area contributed by atoms with E-state index in [1.54, 1.807) is 54.6 Å². The summed E-state index contributed by atoms with van der Waals surface area (Å²) < 4.78 is 5.56. The van der Waals surface area contributed by atoms with E-state index in [9.17, 15) is 14.9 Å². The number of carbonyl (C=O) groups is 2. The van der Waals surface area contributed by atoms with Gasteiger partial charge in [0.25, 0.3) is 11.8 Å². The minimum atomic E-state index is -0.543. The van der Waals surface area contributed by atoms with E-state index >= 15 is 0 Å². The number of benzene rings is 3. The van der Waals surface area contributed by atoms with Crippen molar-refractivity contribution in [3.8, 4) is 11.8 Å². The van der Waals surface area contributed by atoms with Crippen molar-refractivity contribution in [2.45, 2.75) is 6.92 Å². The van der Waals surface area contributed by atoms with Crippen LogP contribution < -0.4 is 15.4 Å². The maximum Gasteiger partial charge on any atom is 0.266 e. The molecule has 0 saturated carbocycles. The van der Waals surface area contributed by atoms with Crippen LogP contribution in [-0.4, -0.2) is 18.4 Å². The summed E-state index contributed by atoms with van der Waals surface area (Å²) >= 11 is 5.84. The summed E-state index contributed by atoms with van der Waals surface area (Å²) in [6, 6.07) is 22.7. The van der Waals surface area contributed by atoms with Crippen LogP contribution in [0.15, 0.2) is 78.4 Å². The minimum Gasteiger partial charge on any atom is -0.484 e. The van der Waals surface area contributed by atoms with Crippen molar-refractivity contribution in [1.29, 1.82) is 5.26 Å². The third-order valence-corrected chi connectivity index (χ3v) is 4.56. The van der Waals surface area contributed by atoms with Crippen molar-refractivity contribution >= 4 is 40.9 Å². The van der Waals surface area contributed by atoms with E-state index in [1.807, 2.05) is 31.2 Å². The zero-order valence-corrected chi connectivity index (χ0v) is 18.0. The molecule has 0 heterocycles. The number of nitriles is 1. The highest BCUT2D eigenvalue weighted by Gasteiger charge is 2.10. The predicted molar refractivity (Wildman–Crippen MR) is 125 cm³/mol. The normalized spacial score (nSPS) is 10.7. The van der Waals surface area contributed by atoms with Crippen molar-refractivity contribution in [1.82, 2.24) is 0 Å². The lowest BCUT2D eigenvalue weighted by Gasteiger charge is -2.09. The number of aryl methyl sites for hydroxylation is 1. The number of nitrogens with one attached hydrogen (secondary N) is 2. The molecule has 0 atom stereocenters. The van der Waals surface area contributed by atoms with Crippen LogP contribution in [0.1, 0.15) is 11.1 Å². The van der Waals surface area contributed by atoms with Crippen LogP contribution in [-0.2, 0) is 9.59 Å². The van der Waals surface area contributed by atoms with Gasteiger partial charge in [0.2, 0.25) is 0 Å². The van der Waals surface area contributed by atoms with Gasteiger partial charge in [0, 0.05) is 16.4 Å². The van der Waals surface area contributed by atoms with E-state index < -0.39 is 5.91 Å². The summed E-state index contributed by atoms with van der Waals surface area (Å²) in [5.74, 6) is -0.399. The number of nitrogens with zero attached hydrogens (tertiary/aromatic N) is 1. The number of carbonyl (C=O) groups excluding carboxylic acids is 2. The first kappa shape index (κ1) is 22.6. The van der Waals surface area contributed by atoms with E-state index in [2.05, 4.69) is 10.6 Å². The summed E-state index contributed by atoms with van der Waals surface area (Å²) in [7, 11) is 0. The Balaban J connectivity index is 1.62. The highest BCUT2D eigenvalue weighted by atomic mass is 35.5. The first-order chi connectivity index (χ1) is 15.4. The molecule has 6 nitrogen and oxygen atoms in total. The van der Waals surface area contributed by atoms with E-state index in [0.29, 0.717) is 27.7 Å². The number of ether oxygens (including phenoxy) is 1. The fourth-order valence-corrected chi connectivity index (χ4v) is 2.94. The monoisotopic (exact) mass is 445 g/mol. The molecule has 0 fully saturated rings. The molecule has 0 unspecified atom stereocenters. The standard InChI is InChI=1S/C25H20ClN3O3/c1-17-4-2-6-22(12-17)28-24(30)16-32-23-7-3-5-18(14-23)13-19(15-27)25(31)29-21-10-8-20(26)9-11-21/h2-14H,16H2,1H3,(H,28,30)(H,29,31)/b19-13-. The molecule has 0 spiro atoms. The second kappa shape index (κ2) is 10.8. The van der Waals surface area contributed by atoms with Crippen molar-refractivity contribution in [2.75, 3.05) is 17.2 Å². The number of halogens is 1. The lowest BCUT2D eigenvalue weighted by molar-refractivity contribution is -0.118. The maximum absolute atomic E-state index is 12.4. The molecule has 0 aliphatic carbocycles. The van der Waals surface area contributed by atoms with Gasteiger partial charge < -0.3 is 15.4 Å². The molecule has 3 rings (SSSR count). The molecule has 2 N–H and O–H groups in total. The molecule has 0 aliphatic rings. The van der Waals surface area contributed by atoms with Gasteiger partial charge in [0.15, 0.2) is 6.61 Å². The minimum absolute atomic E-state index is 0.0747. The van der Waals surface area contributed by atoms with E-state index in [-0.39, 0.29) is 18.1 Å². The topological polar surface area (TPSA) is 91.2 Å². The van der Waals surface area contributed by atoms with Crippen molar-refractivity contribution in [2.24, 2.45) is 0 Å². The first-order valence-electron chi connectivity index (χ1n) is 9.71. The number of amides is 2. The molecule has 3 aromatic carbocycles. The van der Waals surface area contributed by atoms with E-state index in [4.69, 9.17) is 16.3 Å². The predicted octanol–water partition coefficient (Wildman–Crippen LogP) is 5.21. The van der Waals surface area contributed by atoms with Crippen LogP contribution in [0.2, 0.25) is 5.02 Å². The fourth-order valence-electron chi connectivity index (χ4n) is 2.81. The molecule has 0 aromatic heterocycles. The molecule has 0 bridgehead atoms. The molecule has 0 saturated heterocycles. The van der Waals surface area contributed by atoms with Crippen LogP contribution in [0.5, 0.6) is 5.75 Å². The number of rotatable bonds is 7. The van der Waals surface area contributed by atoms with Crippen LogP contribution in [0.4, 0.5) is 11.4 Å². The average molecular weight is 446 g/mol. The van der Waals surface area contributed by atoms with Gasteiger partial charge in [-0.15, -0.1) is 0 Å². The quantitative estimate of drug-likeness (QED) is 0.385. The van der Waals surface area contributed by atoms with Crippen molar-refractivity contribution in [3.63, 3.8) is 0 Å². The first-order valence-corrected chi connectivity index (χ1v) is 10.1. The van der Waals surface area contributed by atoms with E-state index in [1.165, 1.54) is 6.08 Å². The summed E-state index contributed by atoms with van der Waals surface area (Å²) in [4.78, 5) is 24.5. The molecule has 0 aliphatic heterocycles. The number of hydrogen-bond acceptors (Lipinski definition) is 4. The molecule has 160 valence electrons. The van der Waals surface area contributed by atoms with Crippen LogP contribution in [0, 0.1) is 18.3 Å². The Morgan fingerprint density at radius 2 is 1.75 bits per heavy atom. The third kappa shape index (κ3) is 6.73. The van der Waals surface area contributed by atoms with Crippen LogP contribution >= 0.6 is 11.6 Å². The molecule has 3 aromatic rings. The van der Waals surface area contributed by atoms with Crippen LogP contribution in [0.25, 0.3) is 6.08 Å². The van der Waals surface area contributed by atoms with Gasteiger partial charge in [-0.25, -0.2) is 0 Å². The summed E-state index contributed by atoms with van der Waals surface area (Å²) in [5, 5.41) is 15.4. The Hall–Kier alpha value is -4.08. The average Bonchev–Trinajstić information content (AvgIpc) is 2.78. The summed E-state index contributed by atoms with van der Waals surface area (Å²) in [6.45, 7) is 1.76. The third-order valence-electron chi connectivity index (χ3n) is 4.31. The highest BCUT2D eigenvalue weighted by Crippen LogP contribution is 2.18. The zero-order valence-electron chi connectivity index (χ0n) is 17.3. The van der Waals surface area contributed by atoms with Gasteiger partial charge >= 0.3 is 0 Å². The van der Waals surface area contributed by atoms with Crippen molar-refractivity contribution in [3.05, 3.63) is 94.5 Å². The lowest BCUT2D eigenvalue weighted by Crippen LogP contribution is -2.20. The number of hydrogen-bond donors (Lipinski definition) is 2. The zero-order chi connectivity index (χ0) is 22.9. The summed E-state index contributed by atoms with van der Waals surface area (Å²) in [5.41, 5.74) is 2.77. The second-order valence-electron chi connectivity index (χ2n) is 6.91. The molecule has 32 heavy (non-hydrogen) atoms. The van der Waals surface area contributed by atoms with Crippen molar-refractivity contribution < 1.29 is 14.3 Å². The van der Waals surface area contributed by atoms with Gasteiger partial charge in [-0.1, -0.05) is 35.9 Å². The van der Waals surface area contributed by atoms with Gasteiger partial charge in [-0.05, 0) is 72.7 Å². The Kier molecular flexibility index (Phi) is 7.63. The van der Waals surface area contributed by atoms with Gasteiger partial charge in [-0.3, -0.25) is 9.59 Å². The Labute approximate surface area is 191 Å². The van der Waals surface area contributed by atoms with Gasteiger partial charge in [0.05, 0.1) is 0 Å². The van der Waals surface area contributed by atoms with Crippen LogP contribution in [0.3, 0.4) is 0 Å². The van der Waals surface area contributed by atoms with Gasteiger partial charge in [-0.2, -0.15) is 5.26 Å². The smallest absolute Gasteiger partial charge is 0.266 e. The maximum atomic E-state index is 12.4. The Bertz CT molecular complexity index is 1200. The molecular weight excluding hydrogens is 426 g/mol. The highest BCUT2D eigenvalue weighted by molar-refractivity contribution is 6.30. The number of anilines is 2. The fraction of sp³-hybridized carbons (Fsp3) is 0.0800.